The monoisotopic (exact) mass is 197 g/mol. The smallest absolute Gasteiger partial charge is 0.265 e. The third-order valence-electron chi connectivity index (χ3n) is 1.44. The summed E-state index contributed by atoms with van der Waals surface area (Å²) in [5, 5.41) is 3.85. The summed E-state index contributed by atoms with van der Waals surface area (Å²) >= 11 is 1.42. The molecule has 2 aromatic heterocycles. The van der Waals surface area contributed by atoms with Crippen LogP contribution in [0.15, 0.2) is 16.5 Å². The Bertz CT molecular complexity index is 446. The van der Waals surface area contributed by atoms with Crippen molar-refractivity contribution in [3.63, 3.8) is 0 Å². The van der Waals surface area contributed by atoms with E-state index in [0.29, 0.717) is 5.52 Å². The van der Waals surface area contributed by atoms with Gasteiger partial charge in [0.2, 0.25) is 0 Å². The van der Waals surface area contributed by atoms with Gasteiger partial charge < -0.3 is 0 Å². The van der Waals surface area contributed by atoms with Crippen LogP contribution in [0.4, 0.5) is 0 Å². The highest BCUT2D eigenvalue weighted by atomic mass is 32.1. The van der Waals surface area contributed by atoms with Crippen LogP contribution in [-0.4, -0.2) is 14.8 Å². The fraction of sp³-hybridized carbons (Fsp3) is 0.375. The zero-order chi connectivity index (χ0) is 9.84. The first kappa shape index (κ1) is 9.85. The molecular weight excluding hydrogens is 186 g/mol. The summed E-state index contributed by atoms with van der Waals surface area (Å²) < 4.78 is 2.12. The molecule has 2 heterocycles. The molecule has 0 aliphatic heterocycles. The van der Waals surface area contributed by atoms with Gasteiger partial charge in [-0.2, -0.15) is 5.10 Å². The van der Waals surface area contributed by atoms with Gasteiger partial charge in [-0.15, -0.1) is 11.3 Å². The third kappa shape index (κ3) is 1.75. The zero-order valence-electron chi connectivity index (χ0n) is 7.81. The summed E-state index contributed by atoms with van der Waals surface area (Å²) in [6, 6.07) is 0. The fourth-order valence-corrected chi connectivity index (χ4v) is 1.48. The topological polar surface area (TPSA) is 47.8 Å². The molecule has 70 valence electrons. The second-order valence-electron chi connectivity index (χ2n) is 2.14. The first-order chi connectivity index (χ1) is 6.29. The zero-order valence-corrected chi connectivity index (χ0v) is 8.63. The summed E-state index contributed by atoms with van der Waals surface area (Å²) in [5.41, 5.74) is 2.02. The lowest BCUT2D eigenvalue weighted by Crippen LogP contribution is -2.18. The Morgan fingerprint density at radius 3 is 2.85 bits per heavy atom. The molecule has 13 heavy (non-hydrogen) atoms. The van der Waals surface area contributed by atoms with Crippen molar-refractivity contribution in [2.75, 3.05) is 0 Å². The molecule has 0 atom stereocenters. The fourth-order valence-electron chi connectivity index (χ4n) is 0.852. The summed E-state index contributed by atoms with van der Waals surface area (Å²) in [7, 11) is 1.61. The van der Waals surface area contributed by atoms with Crippen LogP contribution in [0, 0.1) is 0 Å². The Balaban J connectivity index is 0.000000396. The van der Waals surface area contributed by atoms with Gasteiger partial charge in [-0.3, -0.25) is 4.79 Å². The Kier molecular flexibility index (Phi) is 3.13. The van der Waals surface area contributed by atoms with E-state index >= 15 is 0 Å². The first-order valence-corrected chi connectivity index (χ1v) is 4.92. The molecule has 0 amide bonds. The largest absolute Gasteiger partial charge is 0.293 e. The van der Waals surface area contributed by atoms with Crippen molar-refractivity contribution in [2.24, 2.45) is 7.05 Å². The van der Waals surface area contributed by atoms with Gasteiger partial charge in [-0.25, -0.2) is 9.67 Å². The second kappa shape index (κ2) is 4.13. The van der Waals surface area contributed by atoms with E-state index in [9.17, 15) is 4.79 Å². The van der Waals surface area contributed by atoms with Crippen LogP contribution in [0.1, 0.15) is 13.8 Å². The molecule has 0 N–H and O–H groups in total. The van der Waals surface area contributed by atoms with Crippen molar-refractivity contribution in [1.82, 2.24) is 14.8 Å². The van der Waals surface area contributed by atoms with E-state index in [4.69, 9.17) is 0 Å². The molecule has 0 spiro atoms. The normalized spacial score (nSPS) is 9.46. The van der Waals surface area contributed by atoms with Gasteiger partial charge in [0.1, 0.15) is 5.52 Å². The first-order valence-electron chi connectivity index (χ1n) is 4.04. The van der Waals surface area contributed by atoms with Crippen molar-refractivity contribution in [3.05, 3.63) is 22.1 Å². The molecule has 0 bridgehead atoms. The van der Waals surface area contributed by atoms with Crippen LogP contribution in [0.2, 0.25) is 0 Å². The van der Waals surface area contributed by atoms with Gasteiger partial charge in [-0.1, -0.05) is 13.8 Å². The van der Waals surface area contributed by atoms with E-state index in [2.05, 4.69) is 10.1 Å². The molecule has 0 radical (unpaired) electrons. The number of fused-ring (bicyclic) bond motifs is 1. The summed E-state index contributed by atoms with van der Waals surface area (Å²) in [4.78, 5) is 15.2. The molecule has 0 aliphatic rings. The van der Waals surface area contributed by atoms with Crippen LogP contribution in [-0.2, 0) is 7.05 Å². The molecule has 0 unspecified atom stereocenters. The number of rotatable bonds is 0. The molecule has 0 aromatic carbocycles. The number of nitrogens with zero attached hydrogens (tertiary/aromatic N) is 3. The maximum atomic E-state index is 11.2. The van der Waals surface area contributed by atoms with Crippen LogP contribution in [0.3, 0.4) is 0 Å². The number of hydrogen-bond donors (Lipinski definition) is 0. The molecule has 4 nitrogen and oxygen atoms in total. The van der Waals surface area contributed by atoms with E-state index in [1.165, 1.54) is 16.0 Å². The minimum atomic E-state index is -0.135. The Morgan fingerprint density at radius 1 is 1.46 bits per heavy atom. The molecule has 0 fully saturated rings. The molecule has 2 rings (SSSR count). The number of thiazole rings is 1. The molecule has 0 saturated carbocycles. The molecule has 2 aromatic rings. The van der Waals surface area contributed by atoms with Crippen LogP contribution >= 0.6 is 11.3 Å². The predicted octanol–water partition coefficient (Wildman–Crippen LogP) is 1.42. The lowest BCUT2D eigenvalue weighted by molar-refractivity contribution is 0.717. The molecule has 0 aliphatic carbocycles. The average molecular weight is 197 g/mol. The molecule has 0 saturated heterocycles. The SMILES string of the molecule is CC.Cn1ncc2scnc2c1=O. The summed E-state index contributed by atoms with van der Waals surface area (Å²) in [6.45, 7) is 4.00. The van der Waals surface area contributed by atoms with Gasteiger partial charge in [0.25, 0.3) is 5.56 Å². The lowest BCUT2D eigenvalue weighted by Gasteiger charge is -1.91. The van der Waals surface area contributed by atoms with E-state index in [0.717, 1.165) is 4.70 Å². The number of aryl methyl sites for hydroxylation is 1. The molecule has 5 heteroatoms. The van der Waals surface area contributed by atoms with Crippen molar-refractivity contribution in [2.45, 2.75) is 13.8 Å². The van der Waals surface area contributed by atoms with Crippen LogP contribution in [0.5, 0.6) is 0 Å². The predicted molar refractivity (Wildman–Crippen MR) is 54.0 cm³/mol. The lowest BCUT2D eigenvalue weighted by atomic mass is 10.5. The van der Waals surface area contributed by atoms with Gasteiger partial charge in [-0.05, 0) is 0 Å². The minimum Gasteiger partial charge on any atom is -0.265 e. The van der Waals surface area contributed by atoms with Gasteiger partial charge in [0.15, 0.2) is 0 Å². The quantitative estimate of drug-likeness (QED) is 0.641. The third-order valence-corrected chi connectivity index (χ3v) is 2.20. The van der Waals surface area contributed by atoms with Gasteiger partial charge in [0, 0.05) is 7.05 Å². The van der Waals surface area contributed by atoms with Crippen LogP contribution in [0.25, 0.3) is 10.2 Å². The van der Waals surface area contributed by atoms with Crippen LogP contribution < -0.4 is 5.56 Å². The van der Waals surface area contributed by atoms with Crippen molar-refractivity contribution in [1.29, 1.82) is 0 Å². The Hall–Kier alpha value is -1.23. The van der Waals surface area contributed by atoms with E-state index in [-0.39, 0.29) is 5.56 Å². The van der Waals surface area contributed by atoms with Crippen molar-refractivity contribution >= 4 is 21.6 Å². The standard InChI is InChI=1S/C6H5N3OS.C2H6/c1-9-6(10)5-4(2-8-9)11-3-7-5;1-2/h2-3H,1H3;1-2H3. The summed E-state index contributed by atoms with van der Waals surface area (Å²) in [5.74, 6) is 0. The summed E-state index contributed by atoms with van der Waals surface area (Å²) in [6.07, 6.45) is 1.65. The Morgan fingerprint density at radius 2 is 2.15 bits per heavy atom. The van der Waals surface area contributed by atoms with E-state index < -0.39 is 0 Å². The maximum absolute atomic E-state index is 11.2. The number of aromatic nitrogens is 3. The highest BCUT2D eigenvalue weighted by molar-refractivity contribution is 7.16. The highest BCUT2D eigenvalue weighted by Gasteiger charge is 2.01. The molecular formula is C8H11N3OS. The van der Waals surface area contributed by atoms with Crippen molar-refractivity contribution < 1.29 is 0 Å². The second-order valence-corrected chi connectivity index (χ2v) is 3.02. The van der Waals surface area contributed by atoms with Gasteiger partial charge >= 0.3 is 0 Å². The average Bonchev–Trinajstić information content (AvgIpc) is 2.63. The highest BCUT2D eigenvalue weighted by Crippen LogP contribution is 2.10. The van der Waals surface area contributed by atoms with E-state index in [1.54, 1.807) is 18.8 Å². The number of hydrogen-bond acceptors (Lipinski definition) is 4. The van der Waals surface area contributed by atoms with E-state index in [1.807, 2.05) is 13.8 Å². The maximum Gasteiger partial charge on any atom is 0.293 e. The minimum absolute atomic E-state index is 0.135. The Labute approximate surface area is 79.9 Å². The van der Waals surface area contributed by atoms with Crippen molar-refractivity contribution in [3.8, 4) is 0 Å². The van der Waals surface area contributed by atoms with Gasteiger partial charge in [0.05, 0.1) is 16.4 Å².